The molecule has 0 bridgehead atoms. The lowest BCUT2D eigenvalue weighted by molar-refractivity contribution is -0.114. The average Bonchev–Trinajstić information content (AvgIpc) is 2.86. The smallest absolute Gasteiger partial charge is 0.265 e. The molecule has 34 heavy (non-hydrogen) atoms. The predicted octanol–water partition coefficient (Wildman–Crippen LogP) is 6.28. The molecular formula is C26H26Br2N2O4. The number of nitrogens with one attached hydrogen (secondary N) is 1. The van der Waals surface area contributed by atoms with Crippen LogP contribution in [0.3, 0.4) is 0 Å². The summed E-state index contributed by atoms with van der Waals surface area (Å²) in [5, 5.41) is 23.3. The molecule has 0 saturated heterocycles. The van der Waals surface area contributed by atoms with Crippen LogP contribution >= 0.6 is 31.9 Å². The Bertz CT molecular complexity index is 1170. The molecule has 1 aliphatic rings. The van der Waals surface area contributed by atoms with Crippen LogP contribution in [0.5, 0.6) is 17.2 Å². The van der Waals surface area contributed by atoms with Gasteiger partial charge < -0.3 is 20.3 Å². The second kappa shape index (κ2) is 12.0. The number of halogens is 2. The number of nitrogens with zero attached hydrogens (tertiary/aromatic N) is 1. The van der Waals surface area contributed by atoms with E-state index >= 15 is 0 Å². The molecule has 0 saturated carbocycles. The van der Waals surface area contributed by atoms with Gasteiger partial charge >= 0.3 is 0 Å². The van der Waals surface area contributed by atoms with Gasteiger partial charge in [0.2, 0.25) is 0 Å². The van der Waals surface area contributed by atoms with Crippen molar-refractivity contribution in [1.29, 1.82) is 0 Å². The Morgan fingerprint density at radius 1 is 1.24 bits per heavy atom. The molecule has 1 unspecified atom stereocenters. The number of rotatable bonds is 8. The van der Waals surface area contributed by atoms with Gasteiger partial charge in [0.1, 0.15) is 33.5 Å². The van der Waals surface area contributed by atoms with E-state index in [1.165, 1.54) is 0 Å². The number of ether oxygens (including phenoxy) is 1. The Labute approximate surface area is 216 Å². The molecule has 0 fully saturated rings. The summed E-state index contributed by atoms with van der Waals surface area (Å²) >= 11 is 6.44. The minimum absolute atomic E-state index is 0.0384. The number of aliphatic imine (C=N–C) groups is 1. The summed E-state index contributed by atoms with van der Waals surface area (Å²) in [5.41, 5.74) is 2.13. The third-order valence-electron chi connectivity index (χ3n) is 5.19. The van der Waals surface area contributed by atoms with E-state index in [0.29, 0.717) is 34.4 Å². The van der Waals surface area contributed by atoms with E-state index in [2.05, 4.69) is 48.2 Å². The number of carbonyl (C=O) groups excluding carboxylic acids is 1. The normalized spacial score (nSPS) is 16.2. The van der Waals surface area contributed by atoms with Crippen LogP contribution in [0.1, 0.15) is 32.3 Å². The lowest BCUT2D eigenvalue weighted by Crippen LogP contribution is -2.32. The molecule has 0 heterocycles. The molecule has 6 nitrogen and oxygen atoms in total. The lowest BCUT2D eigenvalue weighted by atomic mass is 10.0. The molecule has 3 rings (SSSR count). The van der Waals surface area contributed by atoms with Gasteiger partial charge in [-0.15, -0.1) is 0 Å². The van der Waals surface area contributed by atoms with Crippen molar-refractivity contribution >= 4 is 49.2 Å². The third kappa shape index (κ3) is 6.39. The molecule has 0 spiro atoms. The fourth-order valence-electron chi connectivity index (χ4n) is 3.33. The van der Waals surface area contributed by atoms with Crippen LogP contribution in [-0.2, 0) is 4.79 Å². The van der Waals surface area contributed by atoms with Crippen molar-refractivity contribution in [3.8, 4) is 17.2 Å². The second-order valence-corrected chi connectivity index (χ2v) is 9.18. The number of phenolic OH excluding ortho intramolecular Hbond substituents is 2. The molecule has 1 aliphatic carbocycles. The molecule has 3 N–H and O–H groups in total. The van der Waals surface area contributed by atoms with Gasteiger partial charge in [-0.3, -0.25) is 4.79 Å². The van der Waals surface area contributed by atoms with Crippen molar-refractivity contribution in [3.63, 3.8) is 0 Å². The second-order valence-electron chi connectivity index (χ2n) is 7.53. The van der Waals surface area contributed by atoms with Gasteiger partial charge in [0.25, 0.3) is 5.91 Å². The molecule has 0 radical (unpaired) electrons. The van der Waals surface area contributed by atoms with E-state index in [9.17, 15) is 15.0 Å². The Kier molecular flexibility index (Phi) is 9.12. The summed E-state index contributed by atoms with van der Waals surface area (Å²) in [4.78, 5) is 17.3. The first-order valence-electron chi connectivity index (χ1n) is 10.8. The van der Waals surface area contributed by atoms with E-state index in [4.69, 9.17) is 4.74 Å². The molecule has 178 valence electrons. The minimum atomic E-state index is -0.282. The highest BCUT2D eigenvalue weighted by Gasteiger charge is 2.18. The molecule has 2 aromatic rings. The summed E-state index contributed by atoms with van der Waals surface area (Å²) in [5.74, 6) is 0.275. The third-order valence-corrected chi connectivity index (χ3v) is 6.55. The highest BCUT2D eigenvalue weighted by molar-refractivity contribution is 9.11. The lowest BCUT2D eigenvalue weighted by Gasteiger charge is -2.18. The van der Waals surface area contributed by atoms with Crippen molar-refractivity contribution < 1.29 is 19.7 Å². The van der Waals surface area contributed by atoms with Gasteiger partial charge in [0, 0.05) is 18.5 Å². The maximum absolute atomic E-state index is 12.8. The van der Waals surface area contributed by atoms with Crippen molar-refractivity contribution in [2.75, 3.05) is 6.54 Å². The van der Waals surface area contributed by atoms with Gasteiger partial charge in [0.05, 0.1) is 10.2 Å². The molecule has 1 atom stereocenters. The average molecular weight is 590 g/mol. The van der Waals surface area contributed by atoms with Crippen LogP contribution < -0.4 is 10.1 Å². The number of hydrogen-bond donors (Lipinski definition) is 3. The summed E-state index contributed by atoms with van der Waals surface area (Å²) in [6, 6.07) is 11.2. The van der Waals surface area contributed by atoms with E-state index in [-0.39, 0.29) is 28.0 Å². The van der Waals surface area contributed by atoms with Crippen molar-refractivity contribution in [3.05, 3.63) is 80.8 Å². The van der Waals surface area contributed by atoms with Gasteiger partial charge in [-0.25, -0.2) is 4.99 Å². The number of carbonyl (C=O) groups is 1. The first kappa shape index (κ1) is 25.8. The maximum Gasteiger partial charge on any atom is 0.265 e. The van der Waals surface area contributed by atoms with Crippen molar-refractivity contribution in [2.24, 2.45) is 4.99 Å². The van der Waals surface area contributed by atoms with Crippen LogP contribution in [-0.4, -0.2) is 34.5 Å². The fraction of sp³-hybridized carbons (Fsp3) is 0.231. The quantitative estimate of drug-likeness (QED) is 0.316. The summed E-state index contributed by atoms with van der Waals surface area (Å²) in [7, 11) is 0. The number of para-hydroxylation sites is 1. The van der Waals surface area contributed by atoms with Crippen LogP contribution in [0.15, 0.2) is 80.2 Å². The molecule has 8 heteroatoms. The molecule has 1 amide bonds. The van der Waals surface area contributed by atoms with Gasteiger partial charge in [-0.1, -0.05) is 43.4 Å². The fourth-order valence-corrected chi connectivity index (χ4v) is 4.45. The SMILES string of the molecule is C/C=C(\N=C(/CC)C(=O)NCC1=CCC(Oc2ccccc2)C=C1)c1cc(Br)c(O)c(Br)c1O. The van der Waals surface area contributed by atoms with Crippen molar-refractivity contribution in [2.45, 2.75) is 32.8 Å². The topological polar surface area (TPSA) is 91.2 Å². The van der Waals surface area contributed by atoms with Crippen LogP contribution in [0.2, 0.25) is 0 Å². The standard InChI is InChI=1S/C26H26Br2N2O4/c1-3-21(19-14-20(27)25(32)23(28)24(19)31)30-22(4-2)26(33)29-15-16-10-12-18(13-11-16)34-17-8-6-5-7-9-17/h3,5-12,14,18,31-32H,4,13,15H2,1-2H3,(H,29,33)/b21-3-,30-22+. The number of benzene rings is 2. The predicted molar refractivity (Wildman–Crippen MR) is 142 cm³/mol. The number of aromatic hydroxyl groups is 2. The van der Waals surface area contributed by atoms with E-state index in [1.807, 2.05) is 49.4 Å². The largest absolute Gasteiger partial charge is 0.506 e. The molecule has 2 aromatic carbocycles. The zero-order valence-electron chi connectivity index (χ0n) is 18.9. The Morgan fingerprint density at radius 3 is 2.59 bits per heavy atom. The summed E-state index contributed by atoms with van der Waals surface area (Å²) in [6.45, 7) is 3.99. The highest BCUT2D eigenvalue weighted by atomic mass is 79.9. The first-order chi connectivity index (χ1) is 16.3. The monoisotopic (exact) mass is 588 g/mol. The molecular weight excluding hydrogens is 564 g/mol. The van der Waals surface area contributed by atoms with Crippen LogP contribution in [0.25, 0.3) is 5.70 Å². The van der Waals surface area contributed by atoms with Crippen LogP contribution in [0, 0.1) is 0 Å². The van der Waals surface area contributed by atoms with E-state index in [0.717, 1.165) is 17.7 Å². The Hall–Kier alpha value is -2.84. The number of hydrogen-bond acceptors (Lipinski definition) is 5. The maximum atomic E-state index is 12.8. The van der Waals surface area contributed by atoms with Crippen LogP contribution in [0.4, 0.5) is 0 Å². The van der Waals surface area contributed by atoms with E-state index in [1.54, 1.807) is 19.1 Å². The number of phenols is 2. The van der Waals surface area contributed by atoms with Crippen molar-refractivity contribution in [1.82, 2.24) is 5.32 Å². The van der Waals surface area contributed by atoms with Gasteiger partial charge in [-0.05, 0) is 75.1 Å². The highest BCUT2D eigenvalue weighted by Crippen LogP contribution is 2.43. The van der Waals surface area contributed by atoms with Gasteiger partial charge in [0.15, 0.2) is 0 Å². The minimum Gasteiger partial charge on any atom is -0.506 e. The van der Waals surface area contributed by atoms with E-state index < -0.39 is 0 Å². The number of allylic oxidation sites excluding steroid dienone is 1. The number of amides is 1. The van der Waals surface area contributed by atoms with Gasteiger partial charge in [-0.2, -0.15) is 0 Å². The zero-order chi connectivity index (χ0) is 24.7. The zero-order valence-corrected chi connectivity index (χ0v) is 22.1. The Morgan fingerprint density at radius 2 is 1.97 bits per heavy atom. The summed E-state index contributed by atoms with van der Waals surface area (Å²) < 4.78 is 6.48. The summed E-state index contributed by atoms with van der Waals surface area (Å²) in [6.07, 6.45) is 8.80. The molecule has 0 aromatic heterocycles. The first-order valence-corrected chi connectivity index (χ1v) is 12.4. The Balaban J connectivity index is 1.64. The molecule has 0 aliphatic heterocycles.